The molecule has 0 aliphatic heterocycles. The lowest BCUT2D eigenvalue weighted by Crippen LogP contribution is -2.52. The van der Waals surface area contributed by atoms with Crippen LogP contribution in [-0.2, 0) is 11.3 Å². The van der Waals surface area contributed by atoms with E-state index in [0.29, 0.717) is 5.56 Å². The van der Waals surface area contributed by atoms with Gasteiger partial charge in [0.05, 0.1) is 0 Å². The second-order valence-electron chi connectivity index (χ2n) is 5.92. The first-order valence-electron chi connectivity index (χ1n) is 6.60. The van der Waals surface area contributed by atoms with Crippen LogP contribution in [0.25, 0.3) is 0 Å². The minimum absolute atomic E-state index is 0.211. The summed E-state index contributed by atoms with van der Waals surface area (Å²) in [5.74, 6) is -1.44. The van der Waals surface area contributed by atoms with Gasteiger partial charge in [-0.15, -0.1) is 0 Å². The monoisotopic (exact) mass is 296 g/mol. The fourth-order valence-corrected chi connectivity index (χ4v) is 1.91. The number of aliphatic carboxylic acids is 1. The average Bonchev–Trinajstić information content (AvgIpc) is 2.33. The first kappa shape index (κ1) is 16.9. The molecule has 0 aromatic heterocycles. The van der Waals surface area contributed by atoms with Crippen molar-refractivity contribution in [1.82, 2.24) is 9.80 Å². The van der Waals surface area contributed by atoms with E-state index in [2.05, 4.69) is 0 Å². The van der Waals surface area contributed by atoms with Gasteiger partial charge in [0, 0.05) is 19.1 Å². The summed E-state index contributed by atoms with van der Waals surface area (Å²) in [5.41, 5.74) is 0.0288. The average molecular weight is 296 g/mol. The van der Waals surface area contributed by atoms with Crippen LogP contribution < -0.4 is 0 Å². The smallest absolute Gasteiger partial charge is 0.323 e. The van der Waals surface area contributed by atoms with Gasteiger partial charge in [0.25, 0.3) is 0 Å². The van der Waals surface area contributed by atoms with E-state index in [9.17, 15) is 14.0 Å². The highest BCUT2D eigenvalue weighted by atomic mass is 19.1. The largest absolute Gasteiger partial charge is 0.480 e. The maximum Gasteiger partial charge on any atom is 0.323 e. The number of benzene rings is 1. The maximum atomic E-state index is 13.1. The Kier molecular flexibility index (Phi) is 5.29. The summed E-state index contributed by atoms with van der Waals surface area (Å²) < 4.78 is 13.1. The summed E-state index contributed by atoms with van der Waals surface area (Å²) in [7, 11) is 1.56. The molecule has 2 amide bonds. The van der Waals surface area contributed by atoms with Crippen LogP contribution in [0.4, 0.5) is 9.18 Å². The van der Waals surface area contributed by atoms with Gasteiger partial charge in [-0.3, -0.25) is 4.79 Å². The number of amides is 2. The fourth-order valence-electron chi connectivity index (χ4n) is 1.91. The Labute approximate surface area is 124 Å². The first-order valence-corrected chi connectivity index (χ1v) is 6.60. The van der Waals surface area contributed by atoms with Crippen LogP contribution >= 0.6 is 0 Å². The molecule has 1 aromatic rings. The number of carboxylic acid groups (broad SMARTS) is 1. The zero-order valence-corrected chi connectivity index (χ0v) is 12.8. The number of halogens is 1. The molecule has 0 bridgehead atoms. The second kappa shape index (κ2) is 6.56. The summed E-state index contributed by atoms with van der Waals surface area (Å²) in [6.07, 6.45) is 0. The van der Waals surface area contributed by atoms with Gasteiger partial charge >= 0.3 is 12.0 Å². The van der Waals surface area contributed by atoms with Crippen molar-refractivity contribution in [1.29, 1.82) is 0 Å². The molecule has 0 unspecified atom stereocenters. The molecule has 0 aliphatic carbocycles. The van der Waals surface area contributed by atoms with Crippen LogP contribution in [0.15, 0.2) is 24.3 Å². The first-order chi connectivity index (χ1) is 9.61. The van der Waals surface area contributed by atoms with E-state index in [0.717, 1.165) is 0 Å². The van der Waals surface area contributed by atoms with Crippen molar-refractivity contribution >= 4 is 12.0 Å². The zero-order chi connectivity index (χ0) is 16.2. The van der Waals surface area contributed by atoms with Gasteiger partial charge in [0.1, 0.15) is 12.4 Å². The summed E-state index contributed by atoms with van der Waals surface area (Å²) in [5, 5.41) is 8.94. The van der Waals surface area contributed by atoms with E-state index in [1.807, 2.05) is 0 Å². The van der Waals surface area contributed by atoms with Gasteiger partial charge in [0.2, 0.25) is 0 Å². The van der Waals surface area contributed by atoms with E-state index in [-0.39, 0.29) is 18.9 Å². The van der Waals surface area contributed by atoms with Crippen LogP contribution in [0, 0.1) is 5.82 Å². The lowest BCUT2D eigenvalue weighted by molar-refractivity contribution is -0.138. The van der Waals surface area contributed by atoms with Crippen molar-refractivity contribution in [2.45, 2.75) is 32.9 Å². The summed E-state index contributed by atoms with van der Waals surface area (Å²) >= 11 is 0. The molecule has 0 radical (unpaired) electrons. The molecule has 0 saturated carbocycles. The fraction of sp³-hybridized carbons (Fsp3) is 0.467. The molecule has 21 heavy (non-hydrogen) atoms. The molecule has 1 rings (SSSR count). The summed E-state index contributed by atoms with van der Waals surface area (Å²) in [4.78, 5) is 26.0. The number of carbonyl (C=O) groups excluding carboxylic acids is 1. The minimum Gasteiger partial charge on any atom is -0.480 e. The van der Waals surface area contributed by atoms with Crippen molar-refractivity contribution in [2.75, 3.05) is 13.6 Å². The number of nitrogens with zero attached hydrogens (tertiary/aromatic N) is 2. The molecule has 6 heteroatoms. The quantitative estimate of drug-likeness (QED) is 0.929. The Morgan fingerprint density at radius 2 is 1.90 bits per heavy atom. The number of hydrogen-bond acceptors (Lipinski definition) is 2. The van der Waals surface area contributed by atoms with Gasteiger partial charge < -0.3 is 14.9 Å². The van der Waals surface area contributed by atoms with Crippen LogP contribution in [0.1, 0.15) is 26.3 Å². The molecule has 116 valence electrons. The van der Waals surface area contributed by atoms with Crippen molar-refractivity contribution in [3.8, 4) is 0 Å². The van der Waals surface area contributed by atoms with Crippen molar-refractivity contribution in [3.63, 3.8) is 0 Å². The van der Waals surface area contributed by atoms with Crippen molar-refractivity contribution in [3.05, 3.63) is 35.6 Å². The molecular weight excluding hydrogens is 275 g/mol. The van der Waals surface area contributed by atoms with E-state index in [4.69, 9.17) is 5.11 Å². The molecule has 0 fully saturated rings. The molecule has 0 atom stereocenters. The van der Waals surface area contributed by atoms with Gasteiger partial charge in [0.15, 0.2) is 0 Å². The molecule has 5 nitrogen and oxygen atoms in total. The predicted octanol–water partition coefficient (Wildman–Crippen LogP) is 2.56. The topological polar surface area (TPSA) is 60.9 Å². The van der Waals surface area contributed by atoms with Gasteiger partial charge in [-0.05, 0) is 38.5 Å². The number of rotatable bonds is 4. The van der Waals surface area contributed by atoms with E-state index >= 15 is 0 Å². The number of carbonyl (C=O) groups is 2. The zero-order valence-electron chi connectivity index (χ0n) is 12.8. The Hall–Kier alpha value is -2.11. The maximum absolute atomic E-state index is 13.1. The normalized spacial score (nSPS) is 11.1. The SMILES string of the molecule is CN(Cc1cccc(F)c1)C(=O)N(CC(=O)O)C(C)(C)C. The van der Waals surface area contributed by atoms with Crippen LogP contribution in [0.3, 0.4) is 0 Å². The third-order valence-corrected chi connectivity index (χ3v) is 2.97. The predicted molar refractivity (Wildman–Crippen MR) is 77.4 cm³/mol. The second-order valence-corrected chi connectivity index (χ2v) is 5.92. The lowest BCUT2D eigenvalue weighted by Gasteiger charge is -2.37. The Morgan fingerprint density at radius 3 is 2.38 bits per heavy atom. The highest BCUT2D eigenvalue weighted by Gasteiger charge is 2.30. The third kappa shape index (κ3) is 5.06. The lowest BCUT2D eigenvalue weighted by atomic mass is 10.1. The molecule has 0 heterocycles. The van der Waals surface area contributed by atoms with Crippen LogP contribution in [0.5, 0.6) is 0 Å². The van der Waals surface area contributed by atoms with Gasteiger partial charge in [-0.25, -0.2) is 9.18 Å². The van der Waals surface area contributed by atoms with Crippen molar-refractivity contribution < 1.29 is 19.1 Å². The standard InChI is InChI=1S/C15H21FN2O3/c1-15(2,3)18(10-13(19)20)14(21)17(4)9-11-6-5-7-12(16)8-11/h5-8H,9-10H2,1-4H3,(H,19,20). The minimum atomic E-state index is -1.07. The summed E-state index contributed by atoms with van der Waals surface area (Å²) in [6.45, 7) is 5.14. The molecule has 0 saturated heterocycles. The van der Waals surface area contributed by atoms with Gasteiger partial charge in [-0.1, -0.05) is 12.1 Å². The Morgan fingerprint density at radius 1 is 1.29 bits per heavy atom. The number of urea groups is 1. The highest BCUT2D eigenvalue weighted by molar-refractivity contribution is 5.80. The van der Waals surface area contributed by atoms with Crippen LogP contribution in [-0.4, -0.2) is 46.0 Å². The molecule has 1 aromatic carbocycles. The molecule has 0 spiro atoms. The Balaban J connectivity index is 2.85. The van der Waals surface area contributed by atoms with E-state index < -0.39 is 17.5 Å². The van der Waals surface area contributed by atoms with E-state index in [1.165, 1.54) is 21.9 Å². The third-order valence-electron chi connectivity index (χ3n) is 2.97. The summed E-state index contributed by atoms with van der Waals surface area (Å²) in [6, 6.07) is 5.56. The number of carboxylic acids is 1. The molecule has 1 N–H and O–H groups in total. The highest BCUT2D eigenvalue weighted by Crippen LogP contribution is 2.16. The molecule has 0 aliphatic rings. The van der Waals surface area contributed by atoms with Crippen LogP contribution in [0.2, 0.25) is 0 Å². The van der Waals surface area contributed by atoms with Crippen molar-refractivity contribution in [2.24, 2.45) is 0 Å². The molecular formula is C15H21FN2O3. The number of hydrogen-bond donors (Lipinski definition) is 1. The van der Waals surface area contributed by atoms with Gasteiger partial charge in [-0.2, -0.15) is 0 Å². The Bertz CT molecular complexity index is 526. The van der Waals surface area contributed by atoms with E-state index in [1.54, 1.807) is 40.0 Å².